The van der Waals surface area contributed by atoms with Crippen molar-refractivity contribution < 1.29 is 14.6 Å². The highest BCUT2D eigenvalue weighted by Crippen LogP contribution is 2.28. The van der Waals surface area contributed by atoms with Crippen LogP contribution in [0.1, 0.15) is 41.6 Å². The molecule has 2 atom stereocenters. The molecule has 1 aromatic carbocycles. The number of benzene rings is 1. The van der Waals surface area contributed by atoms with E-state index >= 15 is 0 Å². The Balaban J connectivity index is 1.77. The van der Waals surface area contributed by atoms with E-state index < -0.39 is 6.10 Å². The molecule has 1 aliphatic carbocycles. The molecule has 1 saturated carbocycles. The van der Waals surface area contributed by atoms with E-state index in [2.05, 4.69) is 0 Å². The molecule has 2 unspecified atom stereocenters. The number of nitrogens with zero attached hydrogens (tertiary/aromatic N) is 1. The van der Waals surface area contributed by atoms with Crippen LogP contribution in [0.15, 0.2) is 18.2 Å². The van der Waals surface area contributed by atoms with Gasteiger partial charge in [0.05, 0.1) is 18.8 Å². The van der Waals surface area contributed by atoms with Gasteiger partial charge >= 0.3 is 0 Å². The molecule has 0 aromatic heterocycles. The SMILES string of the molecule is CN(C(=O)c1ccc2c(c1)CCO2)C1CCCCC1O. The lowest BCUT2D eigenvalue weighted by Crippen LogP contribution is -2.46. The van der Waals surface area contributed by atoms with Crippen molar-refractivity contribution in [1.29, 1.82) is 0 Å². The first-order valence-electron chi connectivity index (χ1n) is 7.38. The Morgan fingerprint density at radius 1 is 1.35 bits per heavy atom. The van der Waals surface area contributed by atoms with Crippen LogP contribution < -0.4 is 4.74 Å². The fourth-order valence-electron chi connectivity index (χ4n) is 3.22. The van der Waals surface area contributed by atoms with Crippen LogP contribution >= 0.6 is 0 Å². The Kier molecular flexibility index (Phi) is 3.66. The standard InChI is InChI=1S/C16H21NO3/c1-17(13-4-2-3-5-14(13)18)16(19)12-6-7-15-11(10-12)8-9-20-15/h6-7,10,13-14,18H,2-5,8-9H2,1H3. The van der Waals surface area contributed by atoms with E-state index in [1.54, 1.807) is 11.9 Å². The van der Waals surface area contributed by atoms with Gasteiger partial charge in [-0.1, -0.05) is 12.8 Å². The van der Waals surface area contributed by atoms with Crippen molar-refractivity contribution in [1.82, 2.24) is 4.90 Å². The Bertz CT molecular complexity index is 514. The summed E-state index contributed by atoms with van der Waals surface area (Å²) in [5.74, 6) is 0.882. The molecule has 20 heavy (non-hydrogen) atoms. The number of amides is 1. The van der Waals surface area contributed by atoms with Gasteiger partial charge in [0.1, 0.15) is 5.75 Å². The topological polar surface area (TPSA) is 49.8 Å². The summed E-state index contributed by atoms with van der Waals surface area (Å²) in [6, 6.07) is 5.57. The molecule has 1 aromatic rings. The highest BCUT2D eigenvalue weighted by Gasteiger charge is 2.30. The van der Waals surface area contributed by atoms with Crippen molar-refractivity contribution in [2.24, 2.45) is 0 Å². The largest absolute Gasteiger partial charge is 0.493 e. The third-order valence-corrected chi connectivity index (χ3v) is 4.45. The van der Waals surface area contributed by atoms with Gasteiger partial charge in [0.2, 0.25) is 0 Å². The average Bonchev–Trinajstić information content (AvgIpc) is 2.93. The van der Waals surface area contributed by atoms with Crippen molar-refractivity contribution in [3.63, 3.8) is 0 Å². The lowest BCUT2D eigenvalue weighted by atomic mass is 9.91. The quantitative estimate of drug-likeness (QED) is 0.898. The van der Waals surface area contributed by atoms with E-state index in [4.69, 9.17) is 4.74 Å². The maximum Gasteiger partial charge on any atom is 0.253 e. The zero-order valence-electron chi connectivity index (χ0n) is 11.8. The van der Waals surface area contributed by atoms with Crippen LogP contribution in [0.2, 0.25) is 0 Å². The molecule has 1 N–H and O–H groups in total. The molecule has 1 amide bonds. The second kappa shape index (κ2) is 5.44. The van der Waals surface area contributed by atoms with Gasteiger partial charge in [0.25, 0.3) is 5.91 Å². The highest BCUT2D eigenvalue weighted by atomic mass is 16.5. The third kappa shape index (κ3) is 2.40. The van der Waals surface area contributed by atoms with Crippen molar-refractivity contribution in [3.05, 3.63) is 29.3 Å². The van der Waals surface area contributed by atoms with Crippen LogP contribution in [0.3, 0.4) is 0 Å². The highest BCUT2D eigenvalue weighted by molar-refractivity contribution is 5.94. The number of hydrogen-bond acceptors (Lipinski definition) is 3. The summed E-state index contributed by atoms with van der Waals surface area (Å²) in [5, 5.41) is 10.1. The third-order valence-electron chi connectivity index (χ3n) is 4.45. The molecular weight excluding hydrogens is 254 g/mol. The fraction of sp³-hybridized carbons (Fsp3) is 0.562. The van der Waals surface area contributed by atoms with Crippen LogP contribution in [0.5, 0.6) is 5.75 Å². The first-order chi connectivity index (χ1) is 9.66. The Morgan fingerprint density at radius 2 is 2.15 bits per heavy atom. The minimum Gasteiger partial charge on any atom is -0.493 e. The Morgan fingerprint density at radius 3 is 2.95 bits per heavy atom. The van der Waals surface area contributed by atoms with Gasteiger partial charge in [-0.15, -0.1) is 0 Å². The minimum absolute atomic E-state index is 0.00866. The smallest absolute Gasteiger partial charge is 0.253 e. The Labute approximate surface area is 119 Å². The number of aliphatic hydroxyl groups excluding tert-OH is 1. The molecule has 1 heterocycles. The molecular formula is C16H21NO3. The van der Waals surface area contributed by atoms with Gasteiger partial charge in [-0.25, -0.2) is 0 Å². The average molecular weight is 275 g/mol. The summed E-state index contributed by atoms with van der Waals surface area (Å²) in [6.07, 6.45) is 4.28. The summed E-state index contributed by atoms with van der Waals surface area (Å²) >= 11 is 0. The molecule has 1 fully saturated rings. The number of carbonyl (C=O) groups is 1. The van der Waals surface area contributed by atoms with Crippen LogP contribution in [-0.2, 0) is 6.42 Å². The predicted octanol–water partition coefficient (Wildman–Crippen LogP) is 2.00. The number of carbonyl (C=O) groups excluding carboxylic acids is 1. The molecule has 4 heteroatoms. The number of ether oxygens (including phenoxy) is 1. The molecule has 0 bridgehead atoms. The van der Waals surface area contributed by atoms with Crippen molar-refractivity contribution >= 4 is 5.91 Å². The summed E-state index contributed by atoms with van der Waals surface area (Å²) in [5.41, 5.74) is 1.79. The number of fused-ring (bicyclic) bond motifs is 1. The number of aliphatic hydroxyl groups is 1. The van der Waals surface area contributed by atoms with Gasteiger partial charge in [-0.05, 0) is 36.6 Å². The van der Waals surface area contributed by atoms with E-state index in [9.17, 15) is 9.90 Å². The zero-order chi connectivity index (χ0) is 14.1. The van der Waals surface area contributed by atoms with Gasteiger partial charge in [-0.2, -0.15) is 0 Å². The normalized spacial score (nSPS) is 24.9. The Hall–Kier alpha value is -1.55. The number of hydrogen-bond donors (Lipinski definition) is 1. The first kappa shape index (κ1) is 13.4. The van der Waals surface area contributed by atoms with Crippen molar-refractivity contribution in [3.8, 4) is 5.75 Å². The molecule has 2 aliphatic rings. The van der Waals surface area contributed by atoms with E-state index in [1.165, 1.54) is 0 Å². The van der Waals surface area contributed by atoms with E-state index in [0.29, 0.717) is 12.2 Å². The summed E-state index contributed by atoms with van der Waals surface area (Å²) in [7, 11) is 1.80. The van der Waals surface area contributed by atoms with Crippen molar-refractivity contribution in [2.75, 3.05) is 13.7 Å². The second-order valence-corrected chi connectivity index (χ2v) is 5.76. The zero-order valence-corrected chi connectivity index (χ0v) is 11.8. The summed E-state index contributed by atoms with van der Waals surface area (Å²) in [4.78, 5) is 14.3. The lowest BCUT2D eigenvalue weighted by molar-refractivity contribution is 0.0268. The first-order valence-corrected chi connectivity index (χ1v) is 7.38. The maximum absolute atomic E-state index is 12.6. The van der Waals surface area contributed by atoms with Crippen LogP contribution in [0.4, 0.5) is 0 Å². The monoisotopic (exact) mass is 275 g/mol. The van der Waals surface area contributed by atoms with Gasteiger partial charge in [-0.3, -0.25) is 4.79 Å². The number of rotatable bonds is 2. The second-order valence-electron chi connectivity index (χ2n) is 5.76. The van der Waals surface area contributed by atoms with Gasteiger partial charge < -0.3 is 14.7 Å². The van der Waals surface area contributed by atoms with Crippen molar-refractivity contribution in [2.45, 2.75) is 44.2 Å². The number of likely N-dealkylation sites (N-methyl/N-ethyl adjacent to an activating group) is 1. The van der Waals surface area contributed by atoms with Crippen LogP contribution in [-0.4, -0.2) is 41.7 Å². The predicted molar refractivity (Wildman–Crippen MR) is 76.0 cm³/mol. The van der Waals surface area contributed by atoms with E-state index in [-0.39, 0.29) is 11.9 Å². The minimum atomic E-state index is -0.393. The molecule has 0 radical (unpaired) electrons. The molecule has 4 nitrogen and oxygen atoms in total. The molecule has 108 valence electrons. The molecule has 1 aliphatic heterocycles. The van der Waals surface area contributed by atoms with Gasteiger partial charge in [0.15, 0.2) is 0 Å². The molecule has 0 saturated heterocycles. The summed E-state index contributed by atoms with van der Waals surface area (Å²) < 4.78 is 5.46. The fourth-order valence-corrected chi connectivity index (χ4v) is 3.22. The maximum atomic E-state index is 12.6. The van der Waals surface area contributed by atoms with Gasteiger partial charge in [0, 0.05) is 19.0 Å². The van der Waals surface area contributed by atoms with E-state index in [0.717, 1.165) is 43.4 Å². The van der Waals surface area contributed by atoms with E-state index in [1.807, 2.05) is 18.2 Å². The molecule has 0 spiro atoms. The molecule has 3 rings (SSSR count). The lowest BCUT2D eigenvalue weighted by Gasteiger charge is -2.35. The van der Waals surface area contributed by atoms with Crippen LogP contribution in [0.25, 0.3) is 0 Å². The summed E-state index contributed by atoms with van der Waals surface area (Å²) in [6.45, 7) is 0.699. The van der Waals surface area contributed by atoms with Crippen LogP contribution in [0, 0.1) is 0 Å².